The highest BCUT2D eigenvalue weighted by molar-refractivity contribution is 14.1. The quantitative estimate of drug-likeness (QED) is 0.471. The Bertz CT molecular complexity index is 661. The van der Waals surface area contributed by atoms with Gasteiger partial charge in [0.1, 0.15) is 3.70 Å². The molecule has 2 aromatic heterocycles. The molecule has 2 heterocycles. The Hall–Kier alpha value is -2.23. The Labute approximate surface area is 134 Å². The maximum atomic E-state index is 11.9. The number of nitrogens with zero attached hydrogens (tertiary/aromatic N) is 2. The number of pyridine rings is 2. The van der Waals surface area contributed by atoms with Crippen molar-refractivity contribution in [1.82, 2.24) is 9.97 Å². The predicted octanol–water partition coefficient (Wildman–Crippen LogP) is 2.51. The molecule has 0 aromatic carbocycles. The summed E-state index contributed by atoms with van der Waals surface area (Å²) in [6.45, 7) is 0. The number of ether oxygens (including phenoxy) is 1. The molecule has 2 amide bonds. The summed E-state index contributed by atoms with van der Waals surface area (Å²) in [5.74, 6) is -0.552. The molecule has 8 heteroatoms. The molecule has 0 saturated carbocycles. The number of hydrogen-bond donors (Lipinski definition) is 2. The van der Waals surface area contributed by atoms with Gasteiger partial charge in [0.2, 0.25) is 0 Å². The van der Waals surface area contributed by atoms with Crippen molar-refractivity contribution in [2.24, 2.45) is 0 Å². The Kier molecular flexibility index (Phi) is 5.04. The van der Waals surface area contributed by atoms with Crippen LogP contribution in [0.5, 0.6) is 0 Å². The molecule has 7 nitrogen and oxygen atoms in total. The van der Waals surface area contributed by atoms with Gasteiger partial charge in [-0.25, -0.2) is 14.6 Å². The van der Waals surface area contributed by atoms with E-state index in [0.717, 1.165) is 3.70 Å². The Morgan fingerprint density at radius 2 is 2.00 bits per heavy atom. The number of urea groups is 1. The van der Waals surface area contributed by atoms with Crippen LogP contribution in [0.15, 0.2) is 36.8 Å². The van der Waals surface area contributed by atoms with Crippen LogP contribution in [0.3, 0.4) is 0 Å². The van der Waals surface area contributed by atoms with E-state index in [2.05, 4.69) is 47.9 Å². The van der Waals surface area contributed by atoms with E-state index < -0.39 is 12.0 Å². The summed E-state index contributed by atoms with van der Waals surface area (Å²) >= 11 is 2.07. The minimum atomic E-state index is -0.552. The fourth-order valence-corrected chi connectivity index (χ4v) is 1.84. The lowest BCUT2D eigenvalue weighted by atomic mass is 10.2. The lowest BCUT2D eigenvalue weighted by molar-refractivity contribution is 0.0602. The maximum absolute atomic E-state index is 11.9. The van der Waals surface area contributed by atoms with Crippen LogP contribution in [0.2, 0.25) is 0 Å². The number of esters is 1. The molecule has 0 bridgehead atoms. The maximum Gasteiger partial charge on any atom is 0.340 e. The molecule has 108 valence electrons. The van der Waals surface area contributed by atoms with E-state index in [1.807, 2.05) is 0 Å². The van der Waals surface area contributed by atoms with Gasteiger partial charge in [0, 0.05) is 6.20 Å². The lowest BCUT2D eigenvalue weighted by Gasteiger charge is -2.10. The summed E-state index contributed by atoms with van der Waals surface area (Å²) in [7, 11) is 1.27. The van der Waals surface area contributed by atoms with Crippen LogP contribution >= 0.6 is 22.6 Å². The second-order valence-electron chi connectivity index (χ2n) is 3.86. The van der Waals surface area contributed by atoms with Gasteiger partial charge in [0.25, 0.3) is 0 Å². The van der Waals surface area contributed by atoms with Crippen LogP contribution in [0.1, 0.15) is 10.4 Å². The van der Waals surface area contributed by atoms with Gasteiger partial charge in [-0.2, -0.15) is 0 Å². The van der Waals surface area contributed by atoms with Gasteiger partial charge in [-0.15, -0.1) is 0 Å². The van der Waals surface area contributed by atoms with Gasteiger partial charge in [0.15, 0.2) is 0 Å². The third-order valence-corrected chi connectivity index (χ3v) is 3.10. The fraction of sp³-hybridized carbons (Fsp3) is 0.0769. The number of carbonyl (C=O) groups is 2. The number of amides is 2. The van der Waals surface area contributed by atoms with Gasteiger partial charge in [-0.1, -0.05) is 0 Å². The van der Waals surface area contributed by atoms with Crippen molar-refractivity contribution in [2.45, 2.75) is 0 Å². The molecular formula is C13H11IN4O3. The second-order valence-corrected chi connectivity index (χ2v) is 4.97. The third-order valence-electron chi connectivity index (χ3n) is 2.46. The number of methoxy groups -OCH3 is 1. The first-order chi connectivity index (χ1) is 10.1. The molecule has 0 radical (unpaired) electrons. The molecule has 0 aliphatic carbocycles. The number of nitrogens with one attached hydrogen (secondary N) is 2. The average Bonchev–Trinajstić information content (AvgIpc) is 2.49. The van der Waals surface area contributed by atoms with E-state index in [9.17, 15) is 9.59 Å². The summed E-state index contributed by atoms with van der Waals surface area (Å²) in [6.07, 6.45) is 4.35. The van der Waals surface area contributed by atoms with E-state index in [-0.39, 0.29) is 11.3 Å². The van der Waals surface area contributed by atoms with Crippen molar-refractivity contribution in [3.05, 3.63) is 46.1 Å². The van der Waals surface area contributed by atoms with Gasteiger partial charge in [0.05, 0.1) is 36.4 Å². The van der Waals surface area contributed by atoms with Crippen LogP contribution in [0, 0.1) is 3.70 Å². The zero-order valence-electron chi connectivity index (χ0n) is 11.0. The fourth-order valence-electron chi connectivity index (χ4n) is 1.52. The van der Waals surface area contributed by atoms with E-state index in [1.165, 1.54) is 31.8 Å². The van der Waals surface area contributed by atoms with Gasteiger partial charge in [-0.05, 0) is 40.8 Å². The smallest absolute Gasteiger partial charge is 0.340 e. The van der Waals surface area contributed by atoms with Gasteiger partial charge in [-0.3, -0.25) is 4.98 Å². The van der Waals surface area contributed by atoms with E-state index in [4.69, 9.17) is 0 Å². The topological polar surface area (TPSA) is 93.2 Å². The third kappa shape index (κ3) is 4.12. The minimum absolute atomic E-state index is 0.225. The highest BCUT2D eigenvalue weighted by Crippen LogP contribution is 2.15. The van der Waals surface area contributed by atoms with Gasteiger partial charge >= 0.3 is 12.0 Å². The van der Waals surface area contributed by atoms with Gasteiger partial charge < -0.3 is 15.4 Å². The first-order valence-electron chi connectivity index (χ1n) is 5.82. The zero-order valence-corrected chi connectivity index (χ0v) is 13.1. The molecule has 0 fully saturated rings. The van der Waals surface area contributed by atoms with Crippen LogP contribution in [0.4, 0.5) is 16.2 Å². The molecule has 0 unspecified atom stereocenters. The lowest BCUT2D eigenvalue weighted by Crippen LogP contribution is -2.21. The summed E-state index contributed by atoms with van der Waals surface area (Å²) in [6, 6.07) is 4.45. The first kappa shape index (κ1) is 15.2. The standard InChI is InChI=1S/C13H11IN4O3/c1-21-12(19)9-4-5-15-7-10(9)18-13(20)17-8-2-3-11(14)16-6-8/h2-7H,1H3,(H2,17,18,20). The SMILES string of the molecule is COC(=O)c1ccncc1NC(=O)Nc1ccc(I)nc1. The predicted molar refractivity (Wildman–Crippen MR) is 85.2 cm³/mol. The number of hydrogen-bond acceptors (Lipinski definition) is 5. The molecule has 2 aromatic rings. The summed E-state index contributed by atoms with van der Waals surface area (Å²) in [4.78, 5) is 31.4. The molecule has 2 rings (SSSR count). The van der Waals surface area contributed by atoms with Crippen molar-refractivity contribution in [3.63, 3.8) is 0 Å². The van der Waals surface area contributed by atoms with Crippen LogP contribution < -0.4 is 10.6 Å². The van der Waals surface area contributed by atoms with Crippen molar-refractivity contribution in [3.8, 4) is 0 Å². The van der Waals surface area contributed by atoms with Crippen LogP contribution in [-0.4, -0.2) is 29.1 Å². The number of carbonyl (C=O) groups excluding carboxylic acids is 2. The minimum Gasteiger partial charge on any atom is -0.465 e. The molecular weight excluding hydrogens is 387 g/mol. The van der Waals surface area contributed by atoms with Crippen molar-refractivity contribution < 1.29 is 14.3 Å². The first-order valence-corrected chi connectivity index (χ1v) is 6.90. The van der Waals surface area contributed by atoms with E-state index in [0.29, 0.717) is 5.69 Å². The van der Waals surface area contributed by atoms with Crippen molar-refractivity contribution in [1.29, 1.82) is 0 Å². The van der Waals surface area contributed by atoms with Crippen LogP contribution in [0.25, 0.3) is 0 Å². The molecule has 0 aliphatic rings. The summed E-state index contributed by atoms with van der Waals surface area (Å²) < 4.78 is 5.46. The van der Waals surface area contributed by atoms with Crippen molar-refractivity contribution >= 4 is 46.0 Å². The number of rotatable bonds is 3. The van der Waals surface area contributed by atoms with Crippen LogP contribution in [-0.2, 0) is 4.74 Å². The highest BCUT2D eigenvalue weighted by atomic mass is 127. The molecule has 0 atom stereocenters. The molecule has 2 N–H and O–H groups in total. The highest BCUT2D eigenvalue weighted by Gasteiger charge is 2.13. The molecule has 0 aliphatic heterocycles. The molecule has 21 heavy (non-hydrogen) atoms. The van der Waals surface area contributed by atoms with Crippen molar-refractivity contribution in [2.75, 3.05) is 17.7 Å². The Morgan fingerprint density at radius 3 is 2.67 bits per heavy atom. The summed E-state index contributed by atoms with van der Waals surface area (Å²) in [5, 5.41) is 5.15. The largest absolute Gasteiger partial charge is 0.465 e. The zero-order chi connectivity index (χ0) is 15.2. The average molecular weight is 398 g/mol. The number of halogens is 1. The van der Waals surface area contributed by atoms with E-state index in [1.54, 1.807) is 12.1 Å². The second kappa shape index (κ2) is 6.97. The number of anilines is 2. The van der Waals surface area contributed by atoms with E-state index >= 15 is 0 Å². The molecule has 0 saturated heterocycles. The molecule has 0 spiro atoms. The Morgan fingerprint density at radius 1 is 1.19 bits per heavy atom. The Balaban J connectivity index is 2.09. The monoisotopic (exact) mass is 398 g/mol. The summed E-state index contributed by atoms with van der Waals surface area (Å²) in [5.41, 5.74) is 1.03. The normalized spacial score (nSPS) is 9.81. The number of aromatic nitrogens is 2.